The van der Waals surface area contributed by atoms with Crippen molar-refractivity contribution in [1.29, 1.82) is 5.26 Å². The van der Waals surface area contributed by atoms with Crippen molar-refractivity contribution in [2.45, 2.75) is 30.6 Å². The Morgan fingerprint density at radius 1 is 1.20 bits per heavy atom. The number of alkyl halides is 3. The van der Waals surface area contributed by atoms with Crippen LogP contribution in [-0.4, -0.2) is 55.6 Å². The Labute approximate surface area is 201 Å². The molecule has 12 heteroatoms. The van der Waals surface area contributed by atoms with E-state index in [9.17, 15) is 31.2 Å². The topological polar surface area (TPSA) is 111 Å². The molecule has 8 nitrogen and oxygen atoms in total. The Hall–Kier alpha value is -3.43. The van der Waals surface area contributed by atoms with Crippen LogP contribution in [0.25, 0.3) is 0 Å². The van der Waals surface area contributed by atoms with Crippen LogP contribution in [-0.2, 0) is 27.5 Å². The van der Waals surface area contributed by atoms with Gasteiger partial charge in [-0.25, -0.2) is 8.42 Å². The molecular formula is C23H23F3N4O4S. The van der Waals surface area contributed by atoms with Gasteiger partial charge >= 0.3 is 6.18 Å². The summed E-state index contributed by atoms with van der Waals surface area (Å²) < 4.78 is 65.2. The summed E-state index contributed by atoms with van der Waals surface area (Å²) in [5.41, 5.74) is -0.541. The third-order valence-electron chi connectivity index (χ3n) is 5.75. The van der Waals surface area contributed by atoms with Gasteiger partial charge in [0.15, 0.2) is 0 Å². The van der Waals surface area contributed by atoms with Crippen LogP contribution < -0.4 is 5.32 Å². The van der Waals surface area contributed by atoms with E-state index in [1.54, 1.807) is 0 Å². The molecule has 1 saturated heterocycles. The van der Waals surface area contributed by atoms with Gasteiger partial charge in [-0.3, -0.25) is 9.59 Å². The van der Waals surface area contributed by atoms with Crippen molar-refractivity contribution in [3.8, 4) is 6.07 Å². The van der Waals surface area contributed by atoms with Gasteiger partial charge in [0, 0.05) is 32.2 Å². The van der Waals surface area contributed by atoms with E-state index in [4.69, 9.17) is 5.26 Å². The minimum atomic E-state index is -4.50. The molecule has 3 rings (SSSR count). The minimum Gasteiger partial charge on any atom is -0.350 e. The largest absolute Gasteiger partial charge is 0.416 e. The van der Waals surface area contributed by atoms with E-state index in [1.165, 1.54) is 50.4 Å². The lowest BCUT2D eigenvalue weighted by molar-refractivity contribution is -0.137. The lowest BCUT2D eigenvalue weighted by atomic mass is 10.1. The highest BCUT2D eigenvalue weighted by molar-refractivity contribution is 7.89. The molecule has 0 radical (unpaired) electrons. The number of sulfonamides is 1. The monoisotopic (exact) mass is 508 g/mol. The number of hydrogen-bond donors (Lipinski definition) is 1. The van der Waals surface area contributed by atoms with Gasteiger partial charge in [0.05, 0.1) is 22.4 Å². The maximum atomic E-state index is 12.9. The van der Waals surface area contributed by atoms with Crippen LogP contribution in [0, 0.1) is 17.2 Å². The first-order valence-corrected chi connectivity index (χ1v) is 12.0. The number of hydrogen-bond acceptors (Lipinski definition) is 5. The Balaban J connectivity index is 1.66. The van der Waals surface area contributed by atoms with Gasteiger partial charge in [0.2, 0.25) is 15.9 Å². The molecule has 1 unspecified atom stereocenters. The molecule has 0 aromatic heterocycles. The summed E-state index contributed by atoms with van der Waals surface area (Å²) in [5, 5.41) is 11.4. The standard InChI is InChI=1S/C23H23F3N4O4S/c1-15(21(31)28-12-16-5-3-7-19(9-16)23(24,25)26)29(2)22(32)18-6-4-8-20(10-18)35(33,34)30-13-17(11-27)14-30/h3-10,15,17H,12-14H2,1-2H3,(H,28,31). The van der Waals surface area contributed by atoms with E-state index in [-0.39, 0.29) is 41.6 Å². The number of benzene rings is 2. The maximum Gasteiger partial charge on any atom is 0.416 e. The molecule has 0 aliphatic carbocycles. The highest BCUT2D eigenvalue weighted by Crippen LogP contribution is 2.29. The normalized spacial score (nSPS) is 15.5. The van der Waals surface area contributed by atoms with E-state index < -0.39 is 39.6 Å². The van der Waals surface area contributed by atoms with Gasteiger partial charge in [0.25, 0.3) is 5.91 Å². The number of nitriles is 1. The fourth-order valence-corrected chi connectivity index (χ4v) is 4.98. The Bertz CT molecular complexity index is 1270. The van der Waals surface area contributed by atoms with E-state index in [0.717, 1.165) is 21.3 Å². The van der Waals surface area contributed by atoms with Gasteiger partial charge < -0.3 is 10.2 Å². The number of carbonyl (C=O) groups is 2. The summed E-state index contributed by atoms with van der Waals surface area (Å²) in [7, 11) is -2.50. The second kappa shape index (κ2) is 10.1. The average molecular weight is 509 g/mol. The number of carbonyl (C=O) groups excluding carboxylic acids is 2. The molecule has 1 atom stereocenters. The zero-order chi connectivity index (χ0) is 26.0. The van der Waals surface area contributed by atoms with Gasteiger partial charge in [-0.2, -0.15) is 22.7 Å². The van der Waals surface area contributed by atoms with Gasteiger partial charge in [-0.05, 0) is 42.8 Å². The average Bonchev–Trinajstić information content (AvgIpc) is 2.80. The van der Waals surface area contributed by atoms with Crippen LogP contribution in [0.3, 0.4) is 0 Å². The summed E-state index contributed by atoms with van der Waals surface area (Å²) in [6.07, 6.45) is -4.50. The molecule has 0 spiro atoms. The third kappa shape index (κ3) is 5.80. The SMILES string of the molecule is CC(C(=O)NCc1cccc(C(F)(F)F)c1)N(C)C(=O)c1cccc(S(=O)(=O)N2CC(C#N)C2)c1. The van der Waals surface area contributed by atoms with E-state index in [1.807, 2.05) is 6.07 Å². The lowest BCUT2D eigenvalue weighted by Gasteiger charge is -2.34. The van der Waals surface area contributed by atoms with Crippen molar-refractivity contribution < 1.29 is 31.2 Å². The molecule has 2 aromatic carbocycles. The van der Waals surface area contributed by atoms with Crippen molar-refractivity contribution in [2.24, 2.45) is 5.92 Å². The van der Waals surface area contributed by atoms with E-state index >= 15 is 0 Å². The molecular weight excluding hydrogens is 485 g/mol. The molecule has 2 amide bonds. The Kier molecular flexibility index (Phi) is 7.52. The second-order valence-corrected chi connectivity index (χ2v) is 10.1. The summed E-state index contributed by atoms with van der Waals surface area (Å²) in [5.74, 6) is -1.57. The van der Waals surface area contributed by atoms with E-state index in [2.05, 4.69) is 5.32 Å². The molecule has 1 heterocycles. The van der Waals surface area contributed by atoms with Crippen LogP contribution >= 0.6 is 0 Å². The summed E-state index contributed by atoms with van der Waals surface area (Å²) in [6, 6.07) is 10.9. The zero-order valence-corrected chi connectivity index (χ0v) is 19.7. The van der Waals surface area contributed by atoms with Gasteiger partial charge in [0.1, 0.15) is 6.04 Å². The number of amides is 2. The van der Waals surface area contributed by atoms with Crippen LogP contribution in [0.4, 0.5) is 13.2 Å². The molecule has 1 N–H and O–H groups in total. The van der Waals surface area contributed by atoms with Crippen LogP contribution in [0.1, 0.15) is 28.4 Å². The first kappa shape index (κ1) is 26.2. The zero-order valence-electron chi connectivity index (χ0n) is 18.9. The van der Waals surface area contributed by atoms with Crippen LogP contribution in [0.2, 0.25) is 0 Å². The first-order chi connectivity index (χ1) is 16.3. The van der Waals surface area contributed by atoms with Crippen molar-refractivity contribution in [3.05, 3.63) is 65.2 Å². The number of halogens is 3. The second-order valence-electron chi connectivity index (χ2n) is 8.18. The molecule has 186 valence electrons. The van der Waals surface area contributed by atoms with Gasteiger partial charge in [-0.1, -0.05) is 18.2 Å². The molecule has 0 saturated carbocycles. The minimum absolute atomic E-state index is 0.0449. The molecule has 2 aromatic rings. The number of likely N-dealkylation sites (N-methyl/N-ethyl adjacent to an activating group) is 1. The fourth-order valence-electron chi connectivity index (χ4n) is 3.40. The van der Waals surface area contributed by atoms with Crippen molar-refractivity contribution in [1.82, 2.24) is 14.5 Å². The van der Waals surface area contributed by atoms with E-state index in [0.29, 0.717) is 0 Å². The predicted molar refractivity (Wildman–Crippen MR) is 119 cm³/mol. The predicted octanol–water partition coefficient (Wildman–Crippen LogP) is 2.63. The number of rotatable bonds is 7. The highest BCUT2D eigenvalue weighted by atomic mass is 32.2. The van der Waals surface area contributed by atoms with Crippen molar-refractivity contribution in [3.63, 3.8) is 0 Å². The first-order valence-electron chi connectivity index (χ1n) is 10.6. The summed E-state index contributed by atoms with van der Waals surface area (Å²) in [6.45, 7) is 1.45. The van der Waals surface area contributed by atoms with Crippen molar-refractivity contribution >= 4 is 21.8 Å². The van der Waals surface area contributed by atoms with Gasteiger partial charge in [-0.15, -0.1) is 0 Å². The highest BCUT2D eigenvalue weighted by Gasteiger charge is 2.37. The number of nitrogens with zero attached hydrogens (tertiary/aromatic N) is 3. The Morgan fingerprint density at radius 2 is 1.86 bits per heavy atom. The molecule has 1 fully saturated rings. The summed E-state index contributed by atoms with van der Waals surface area (Å²) in [4.78, 5) is 26.5. The fraction of sp³-hybridized carbons (Fsp3) is 0.348. The number of nitrogens with one attached hydrogen (secondary N) is 1. The van der Waals surface area contributed by atoms with Crippen LogP contribution in [0.5, 0.6) is 0 Å². The van der Waals surface area contributed by atoms with Crippen molar-refractivity contribution in [2.75, 3.05) is 20.1 Å². The third-order valence-corrected chi connectivity index (χ3v) is 7.58. The molecule has 1 aliphatic rings. The molecule has 0 bridgehead atoms. The maximum absolute atomic E-state index is 12.9. The summed E-state index contributed by atoms with van der Waals surface area (Å²) >= 11 is 0. The molecule has 1 aliphatic heterocycles. The van der Waals surface area contributed by atoms with Crippen LogP contribution in [0.15, 0.2) is 53.4 Å². The Morgan fingerprint density at radius 3 is 2.49 bits per heavy atom. The molecule has 35 heavy (non-hydrogen) atoms. The lowest BCUT2D eigenvalue weighted by Crippen LogP contribution is -2.49. The quantitative estimate of drug-likeness (QED) is 0.618. The smallest absolute Gasteiger partial charge is 0.350 e.